The maximum Gasteiger partial charge on any atom is 0.254 e. The number of benzene rings is 2. The molecule has 2 aromatic carbocycles. The van der Waals surface area contributed by atoms with Crippen LogP contribution >= 0.6 is 0 Å². The van der Waals surface area contributed by atoms with Gasteiger partial charge in [-0.25, -0.2) is 0 Å². The fourth-order valence-corrected chi connectivity index (χ4v) is 4.14. The van der Waals surface area contributed by atoms with Crippen molar-refractivity contribution in [3.8, 4) is 6.07 Å². The van der Waals surface area contributed by atoms with Gasteiger partial charge in [0, 0.05) is 35.9 Å². The molecule has 4 rings (SSSR count). The Labute approximate surface area is 197 Å². The summed E-state index contributed by atoms with van der Waals surface area (Å²) < 4.78 is 0. The highest BCUT2D eigenvalue weighted by atomic mass is 16.2. The number of amides is 3. The number of aromatic nitrogens is 1. The summed E-state index contributed by atoms with van der Waals surface area (Å²) in [5.41, 5.74) is 2.80. The molecule has 3 amide bonds. The molecule has 1 N–H and O–H groups in total. The zero-order valence-corrected chi connectivity index (χ0v) is 19.1. The molecule has 34 heavy (non-hydrogen) atoms. The van der Waals surface area contributed by atoms with Crippen molar-refractivity contribution in [2.75, 3.05) is 25.5 Å². The number of hydrogen-bond donors (Lipinski definition) is 1. The number of pyridine rings is 1. The Bertz CT molecular complexity index is 1280. The van der Waals surface area contributed by atoms with Gasteiger partial charge in [-0.2, -0.15) is 5.26 Å². The monoisotopic (exact) mass is 455 g/mol. The van der Waals surface area contributed by atoms with E-state index in [2.05, 4.69) is 16.4 Å². The lowest BCUT2D eigenvalue weighted by Gasteiger charge is -2.24. The van der Waals surface area contributed by atoms with Crippen LogP contribution in [0.4, 0.5) is 5.69 Å². The molecule has 0 aliphatic carbocycles. The summed E-state index contributed by atoms with van der Waals surface area (Å²) in [6.45, 7) is 1.85. The van der Waals surface area contributed by atoms with Gasteiger partial charge in [0.25, 0.3) is 5.91 Å². The van der Waals surface area contributed by atoms with E-state index in [9.17, 15) is 19.6 Å². The largest absolute Gasteiger partial charge is 0.332 e. The molecule has 3 aromatic rings. The SMILES string of the molecule is Cc1ccc2cc(C(=O)N(C)CC(=O)N3CC(C(=O)Nc4ccccc4)CC3C#N)ccc2n1. The zero-order valence-electron chi connectivity index (χ0n) is 19.1. The second-order valence-electron chi connectivity index (χ2n) is 8.50. The first-order valence-electron chi connectivity index (χ1n) is 11.0. The molecule has 8 heteroatoms. The topological polar surface area (TPSA) is 106 Å². The Kier molecular flexibility index (Phi) is 6.55. The molecule has 8 nitrogen and oxygen atoms in total. The Morgan fingerprint density at radius 1 is 1.15 bits per heavy atom. The third kappa shape index (κ3) is 4.89. The Hall–Kier alpha value is -4.25. The molecular formula is C26H25N5O3. The highest BCUT2D eigenvalue weighted by Crippen LogP contribution is 2.25. The summed E-state index contributed by atoms with van der Waals surface area (Å²) in [4.78, 5) is 45.7. The number of nitrogens with one attached hydrogen (secondary N) is 1. The van der Waals surface area contributed by atoms with Crippen LogP contribution in [-0.4, -0.2) is 58.7 Å². The van der Waals surface area contributed by atoms with Crippen molar-refractivity contribution in [2.24, 2.45) is 5.92 Å². The molecule has 0 bridgehead atoms. The van der Waals surface area contributed by atoms with Crippen molar-refractivity contribution in [1.82, 2.24) is 14.8 Å². The lowest BCUT2D eigenvalue weighted by Crippen LogP contribution is -2.43. The van der Waals surface area contributed by atoms with Crippen molar-refractivity contribution >= 4 is 34.3 Å². The summed E-state index contributed by atoms with van der Waals surface area (Å²) in [6, 6.07) is 19.5. The van der Waals surface area contributed by atoms with Crippen LogP contribution in [0.15, 0.2) is 60.7 Å². The minimum atomic E-state index is -0.711. The molecule has 0 radical (unpaired) electrons. The lowest BCUT2D eigenvalue weighted by atomic mass is 10.1. The Morgan fingerprint density at radius 3 is 2.65 bits per heavy atom. The van der Waals surface area contributed by atoms with Crippen molar-refractivity contribution in [3.63, 3.8) is 0 Å². The summed E-state index contributed by atoms with van der Waals surface area (Å²) in [5.74, 6) is -1.39. The van der Waals surface area contributed by atoms with E-state index in [4.69, 9.17) is 0 Å². The standard InChI is InChI=1S/C26H25N5O3/c1-17-8-9-18-12-19(10-11-23(18)28-17)26(34)30(2)16-24(32)31-15-20(13-22(31)14-27)25(33)29-21-6-4-3-5-7-21/h3-12,20,22H,13,15-16H2,1-2H3,(H,29,33). The van der Waals surface area contributed by atoms with Gasteiger partial charge < -0.3 is 15.1 Å². The van der Waals surface area contributed by atoms with E-state index in [1.807, 2.05) is 37.3 Å². The number of hydrogen-bond acceptors (Lipinski definition) is 5. The van der Waals surface area contributed by atoms with E-state index in [1.165, 1.54) is 9.80 Å². The van der Waals surface area contributed by atoms with Gasteiger partial charge in [-0.15, -0.1) is 0 Å². The van der Waals surface area contributed by atoms with Gasteiger partial charge in [0.15, 0.2) is 0 Å². The first-order valence-corrected chi connectivity index (χ1v) is 11.0. The third-order valence-corrected chi connectivity index (χ3v) is 5.98. The number of anilines is 1. The molecule has 0 spiro atoms. The van der Waals surface area contributed by atoms with Crippen LogP contribution < -0.4 is 5.32 Å². The molecule has 2 heterocycles. The fourth-order valence-electron chi connectivity index (χ4n) is 4.14. The Morgan fingerprint density at radius 2 is 1.91 bits per heavy atom. The third-order valence-electron chi connectivity index (χ3n) is 5.98. The van der Waals surface area contributed by atoms with Crippen LogP contribution in [0.3, 0.4) is 0 Å². The number of carbonyl (C=O) groups excluding carboxylic acids is 3. The summed E-state index contributed by atoms with van der Waals surface area (Å²) in [5, 5.41) is 13.2. The quantitative estimate of drug-likeness (QED) is 0.637. The fraction of sp³-hybridized carbons (Fsp3) is 0.269. The number of nitriles is 1. The van der Waals surface area contributed by atoms with E-state index in [-0.39, 0.29) is 37.2 Å². The van der Waals surface area contributed by atoms with Crippen LogP contribution in [0.5, 0.6) is 0 Å². The van der Waals surface area contributed by atoms with Gasteiger partial charge >= 0.3 is 0 Å². The van der Waals surface area contributed by atoms with Gasteiger partial charge in [-0.05, 0) is 49.7 Å². The molecule has 1 aliphatic rings. The molecule has 2 unspecified atom stereocenters. The Balaban J connectivity index is 1.40. The number of rotatable bonds is 5. The first kappa shape index (κ1) is 22.9. The maximum atomic E-state index is 13.0. The van der Waals surface area contributed by atoms with E-state index < -0.39 is 12.0 Å². The second kappa shape index (κ2) is 9.71. The lowest BCUT2D eigenvalue weighted by molar-refractivity contribution is -0.131. The smallest absolute Gasteiger partial charge is 0.254 e. The summed E-state index contributed by atoms with van der Waals surface area (Å²) in [7, 11) is 1.55. The van der Waals surface area contributed by atoms with Crippen molar-refractivity contribution in [2.45, 2.75) is 19.4 Å². The van der Waals surface area contributed by atoms with Crippen LogP contribution in [0.2, 0.25) is 0 Å². The number of likely N-dealkylation sites (N-methyl/N-ethyl adjacent to an activating group) is 1. The van der Waals surface area contributed by atoms with Crippen molar-refractivity contribution in [3.05, 3.63) is 71.9 Å². The predicted molar refractivity (Wildman–Crippen MR) is 128 cm³/mol. The maximum absolute atomic E-state index is 13.0. The predicted octanol–water partition coefficient (Wildman–Crippen LogP) is 2.99. The highest BCUT2D eigenvalue weighted by Gasteiger charge is 2.39. The van der Waals surface area contributed by atoms with Crippen molar-refractivity contribution in [1.29, 1.82) is 5.26 Å². The van der Waals surface area contributed by atoms with Crippen LogP contribution in [0.1, 0.15) is 22.5 Å². The summed E-state index contributed by atoms with van der Waals surface area (Å²) in [6.07, 6.45) is 0.260. The van der Waals surface area contributed by atoms with Crippen LogP contribution in [0.25, 0.3) is 10.9 Å². The normalized spacial score (nSPS) is 17.3. The molecule has 2 atom stereocenters. The van der Waals surface area contributed by atoms with Gasteiger partial charge in [0.05, 0.1) is 24.0 Å². The van der Waals surface area contributed by atoms with Gasteiger partial charge in [-0.1, -0.05) is 24.3 Å². The number of para-hydroxylation sites is 1. The first-order chi connectivity index (χ1) is 16.4. The van der Waals surface area contributed by atoms with E-state index >= 15 is 0 Å². The average molecular weight is 456 g/mol. The molecule has 1 aliphatic heterocycles. The number of fused-ring (bicyclic) bond motifs is 1. The molecule has 1 fully saturated rings. The number of likely N-dealkylation sites (tertiary alicyclic amines) is 1. The zero-order chi connectivity index (χ0) is 24.2. The molecular weight excluding hydrogens is 430 g/mol. The highest BCUT2D eigenvalue weighted by molar-refractivity contribution is 5.99. The van der Waals surface area contributed by atoms with Gasteiger partial charge in [-0.3, -0.25) is 19.4 Å². The second-order valence-corrected chi connectivity index (χ2v) is 8.50. The minimum absolute atomic E-state index is 0.138. The average Bonchev–Trinajstić information content (AvgIpc) is 3.29. The van der Waals surface area contributed by atoms with Crippen LogP contribution in [0, 0.1) is 24.2 Å². The number of carbonyl (C=O) groups is 3. The minimum Gasteiger partial charge on any atom is -0.332 e. The molecule has 0 saturated carbocycles. The number of nitrogens with zero attached hydrogens (tertiary/aromatic N) is 4. The van der Waals surface area contributed by atoms with Crippen LogP contribution in [-0.2, 0) is 9.59 Å². The summed E-state index contributed by atoms with van der Waals surface area (Å²) >= 11 is 0. The number of aryl methyl sites for hydroxylation is 1. The molecule has 172 valence electrons. The van der Waals surface area contributed by atoms with Gasteiger partial charge in [0.1, 0.15) is 6.04 Å². The van der Waals surface area contributed by atoms with E-state index in [0.29, 0.717) is 11.3 Å². The van der Waals surface area contributed by atoms with E-state index in [1.54, 1.807) is 37.4 Å². The van der Waals surface area contributed by atoms with Crippen molar-refractivity contribution < 1.29 is 14.4 Å². The molecule has 1 aromatic heterocycles. The van der Waals surface area contributed by atoms with E-state index in [0.717, 1.165) is 16.6 Å². The van der Waals surface area contributed by atoms with Gasteiger partial charge in [0.2, 0.25) is 11.8 Å². The molecule has 1 saturated heterocycles.